The maximum atomic E-state index is 10.2. The molecule has 20 nitrogen and oxygen atoms in total. The number of thiol groups is 5. The molecule has 390 valence electrons. The predicted molar refractivity (Wildman–Crippen MR) is 254 cm³/mol. The molecule has 0 saturated carbocycles. The molecule has 0 aromatic carbocycles. The zero-order chi connectivity index (χ0) is 50.5. The van der Waals surface area contributed by atoms with Crippen LogP contribution in [0.1, 0.15) is 66.7 Å². The molecule has 0 heterocycles. The van der Waals surface area contributed by atoms with Crippen molar-refractivity contribution in [3.8, 4) is 0 Å². The molecule has 5 atom stereocenters. The normalized spacial score (nSPS) is 12.6. The summed E-state index contributed by atoms with van der Waals surface area (Å²) in [6.45, 7) is 19.8. The summed E-state index contributed by atoms with van der Waals surface area (Å²) in [4.78, 5) is 51.0. The van der Waals surface area contributed by atoms with E-state index in [0.717, 1.165) is 0 Å². The van der Waals surface area contributed by atoms with E-state index in [-0.39, 0.29) is 24.4 Å². The number of carbonyl (C=O) groups is 5. The van der Waals surface area contributed by atoms with Crippen LogP contribution in [0.4, 0.5) is 0 Å². The summed E-state index contributed by atoms with van der Waals surface area (Å²) in [5.41, 5.74) is 0. The summed E-state index contributed by atoms with van der Waals surface area (Å²) in [6.07, 6.45) is 1.79. The van der Waals surface area contributed by atoms with Crippen LogP contribution in [0.25, 0.3) is 0 Å². The fourth-order valence-electron chi connectivity index (χ4n) is 3.39. The Morgan fingerprint density at radius 3 is 0.515 bits per heavy atom. The molecule has 0 amide bonds. The number of ether oxygens (including phenoxy) is 10. The average Bonchev–Trinajstić information content (AvgIpc) is 3.27. The Morgan fingerprint density at radius 2 is 0.409 bits per heavy atom. The van der Waals surface area contributed by atoms with Gasteiger partial charge in [-0.2, -0.15) is 63.1 Å². The molecule has 0 radical (unpaired) electrons. The van der Waals surface area contributed by atoms with Crippen LogP contribution in [0, 0.1) is 0 Å². The van der Waals surface area contributed by atoms with E-state index in [9.17, 15) is 49.5 Å². The maximum Gasteiger partial charge on any atom is 5.00 e. The third kappa shape index (κ3) is 70.1. The predicted octanol–water partition coefficient (Wildman–Crippen LogP) is -2.99. The van der Waals surface area contributed by atoms with Crippen LogP contribution in [-0.2, 0) is 71.3 Å². The number of carboxylic acids is 5. The van der Waals surface area contributed by atoms with E-state index >= 15 is 0 Å². The largest absolute Gasteiger partial charge is 5.00 e. The standard InChI is InChI=1S/5C8H16O4S.Sb/c5*1-2-11-5-6-12-4-3-7(13)8(9)10;/h5*7,13H,2-6H2,1H3,(H,9,10);/q;;;;;+5/p-5. The quantitative estimate of drug-likeness (QED) is 0.0232. The first kappa shape index (κ1) is 77.0. The molecule has 0 aromatic heterocycles. The Kier molecular flexibility index (Phi) is 72.9. The molecule has 66 heavy (non-hydrogen) atoms. The Balaban J connectivity index is -0.000000170. The molecule has 0 bridgehead atoms. The Hall–Kier alpha value is -0.482. The van der Waals surface area contributed by atoms with Gasteiger partial charge in [-0.1, -0.05) is 0 Å². The Bertz CT molecular complexity index is 894. The van der Waals surface area contributed by atoms with Gasteiger partial charge in [-0.3, -0.25) is 0 Å². The third-order valence-electron chi connectivity index (χ3n) is 6.92. The second-order valence-corrected chi connectivity index (χ2v) is 15.3. The molecule has 26 heteroatoms. The van der Waals surface area contributed by atoms with Crippen LogP contribution >= 0.6 is 63.1 Å². The zero-order valence-electron chi connectivity index (χ0n) is 38.9. The van der Waals surface area contributed by atoms with Gasteiger partial charge < -0.3 is 96.9 Å². The molecular formula is C40H75O20S5Sb. The number of carboxylic acid groups (broad SMARTS) is 5. The van der Waals surface area contributed by atoms with Gasteiger partial charge in [0, 0.05) is 92.3 Å². The molecule has 0 aromatic rings. The van der Waals surface area contributed by atoms with Gasteiger partial charge in [0.15, 0.2) is 0 Å². The first-order valence-electron chi connectivity index (χ1n) is 21.1. The minimum absolute atomic E-state index is 0. The molecule has 0 fully saturated rings. The van der Waals surface area contributed by atoms with Crippen molar-refractivity contribution in [2.24, 2.45) is 0 Å². The molecule has 0 spiro atoms. The first-order valence-corrected chi connectivity index (χ1v) is 23.7. The number of rotatable bonds is 40. The van der Waals surface area contributed by atoms with Gasteiger partial charge in [0.2, 0.25) is 0 Å². The van der Waals surface area contributed by atoms with Gasteiger partial charge in [0.25, 0.3) is 0 Å². The van der Waals surface area contributed by atoms with Crippen molar-refractivity contribution in [3.63, 3.8) is 0 Å². The molecule has 0 rings (SSSR count). The Labute approximate surface area is 436 Å². The number of hydrogen-bond acceptors (Lipinski definition) is 25. The van der Waals surface area contributed by atoms with Crippen LogP contribution in [-0.4, -0.2) is 213 Å². The minimum atomic E-state index is -1.16. The smallest absolute Gasteiger partial charge is 0.549 e. The summed E-state index contributed by atoms with van der Waals surface area (Å²) in [5.74, 6) is -5.78. The van der Waals surface area contributed by atoms with Gasteiger partial charge in [0.05, 0.1) is 95.9 Å². The van der Waals surface area contributed by atoms with Crippen molar-refractivity contribution < 1.29 is 96.9 Å². The van der Waals surface area contributed by atoms with E-state index in [1.807, 2.05) is 34.6 Å². The summed E-state index contributed by atoms with van der Waals surface area (Å²) < 4.78 is 50.5. The van der Waals surface area contributed by atoms with Crippen LogP contribution < -0.4 is 25.5 Å². The molecule has 5 unspecified atom stereocenters. The van der Waals surface area contributed by atoms with Gasteiger partial charge >= 0.3 is 24.4 Å². The topological polar surface area (TPSA) is 293 Å². The number of carbonyl (C=O) groups excluding carboxylic acids is 5. The van der Waals surface area contributed by atoms with E-state index in [2.05, 4.69) is 63.1 Å². The zero-order valence-corrected chi connectivity index (χ0v) is 45.9. The average molecular weight is 1160 g/mol. The van der Waals surface area contributed by atoms with E-state index in [0.29, 0.717) is 164 Å². The molecular weight excluding hydrogens is 1080 g/mol. The van der Waals surface area contributed by atoms with Gasteiger partial charge in [0.1, 0.15) is 0 Å². The molecule has 0 aliphatic carbocycles. The van der Waals surface area contributed by atoms with Crippen molar-refractivity contribution in [3.05, 3.63) is 0 Å². The summed E-state index contributed by atoms with van der Waals surface area (Å²) >= 11 is 19.0. The van der Waals surface area contributed by atoms with Crippen molar-refractivity contribution in [2.45, 2.75) is 93.0 Å². The summed E-state index contributed by atoms with van der Waals surface area (Å²) in [7, 11) is 0. The fraction of sp³-hybridized carbons (Fsp3) is 0.875. The van der Waals surface area contributed by atoms with Crippen molar-refractivity contribution >= 4 is 117 Å². The van der Waals surface area contributed by atoms with Gasteiger partial charge in [-0.05, 0) is 66.7 Å². The van der Waals surface area contributed by atoms with Crippen molar-refractivity contribution in [1.29, 1.82) is 0 Å². The fourth-order valence-corrected chi connectivity index (χ4v) is 3.91. The molecule has 0 saturated heterocycles. The van der Waals surface area contributed by atoms with Gasteiger partial charge in [-0.15, -0.1) is 0 Å². The second-order valence-electron chi connectivity index (χ2n) is 12.2. The first-order chi connectivity index (χ1) is 30.9. The molecule has 0 N–H and O–H groups in total. The van der Waals surface area contributed by atoms with E-state index < -0.39 is 56.1 Å². The van der Waals surface area contributed by atoms with Crippen LogP contribution in [0.3, 0.4) is 0 Å². The minimum Gasteiger partial charge on any atom is -0.549 e. The summed E-state index contributed by atoms with van der Waals surface area (Å²) in [6, 6.07) is 0. The van der Waals surface area contributed by atoms with Crippen LogP contribution in [0.5, 0.6) is 0 Å². The van der Waals surface area contributed by atoms with Crippen molar-refractivity contribution in [2.75, 3.05) is 132 Å². The second kappa shape index (κ2) is 62.5. The summed E-state index contributed by atoms with van der Waals surface area (Å²) in [5, 5.41) is 47.3. The maximum absolute atomic E-state index is 10.2. The molecule has 0 aliphatic rings. The van der Waals surface area contributed by atoms with Crippen molar-refractivity contribution in [1.82, 2.24) is 0 Å². The van der Waals surface area contributed by atoms with Crippen LogP contribution in [0.15, 0.2) is 0 Å². The SMILES string of the molecule is CCOCCOCCC(S)C(=O)[O-].CCOCCOCCC(S)C(=O)[O-].CCOCCOCCC(S)C(=O)[O-].CCOCCOCCC(S)C(=O)[O-].CCOCCOCCC(S)C(=O)[O-].[Sb+5]. The van der Waals surface area contributed by atoms with E-state index in [4.69, 9.17) is 47.4 Å². The molecule has 0 aliphatic heterocycles. The van der Waals surface area contributed by atoms with Crippen LogP contribution in [0.2, 0.25) is 0 Å². The van der Waals surface area contributed by atoms with E-state index in [1.165, 1.54) is 0 Å². The Morgan fingerprint density at radius 1 is 0.288 bits per heavy atom. The third-order valence-corrected chi connectivity index (χ3v) is 9.26. The number of hydrogen-bond donors (Lipinski definition) is 5. The van der Waals surface area contributed by atoms with Gasteiger partial charge in [-0.25, -0.2) is 0 Å². The van der Waals surface area contributed by atoms with E-state index in [1.54, 1.807) is 0 Å². The monoisotopic (exact) mass is 1160 g/mol. The number of aliphatic carboxylic acids is 5.